The lowest BCUT2D eigenvalue weighted by Gasteiger charge is -2.12. The summed E-state index contributed by atoms with van der Waals surface area (Å²) in [5, 5.41) is 12.0. The van der Waals surface area contributed by atoms with Crippen LogP contribution < -0.4 is 15.4 Å². The number of hydrogen-bond acceptors (Lipinski definition) is 6. The molecule has 1 fully saturated rings. The zero-order valence-corrected chi connectivity index (χ0v) is 18.9. The van der Waals surface area contributed by atoms with Crippen LogP contribution in [-0.4, -0.2) is 35.1 Å². The molecule has 1 unspecified atom stereocenters. The molecule has 0 radical (unpaired) electrons. The number of methoxy groups -OCH3 is 1. The van der Waals surface area contributed by atoms with E-state index in [1.54, 1.807) is 26.2 Å². The molecule has 1 atom stereocenters. The predicted octanol–water partition coefficient (Wildman–Crippen LogP) is 4.71. The number of anilines is 1. The standard InChI is InChI=1S/C21H18ClF3N4O3S/c1-11(12-3-6-14(32-2)7-4-12)28-29-20-27-19(31)17(33-20)10-18(30)26-13-5-8-16(22)15(9-13)21(23,24)25/h3-9,17H,10H2,1-2H3,(H,26,30)(H,27,29,31). The molecule has 3 rings (SSSR count). The number of hydrogen-bond donors (Lipinski definition) is 2. The highest BCUT2D eigenvalue weighted by molar-refractivity contribution is 8.15. The third-order valence-corrected chi connectivity index (χ3v) is 5.90. The van der Waals surface area contributed by atoms with E-state index in [4.69, 9.17) is 16.3 Å². The zero-order chi connectivity index (χ0) is 24.2. The molecular weight excluding hydrogens is 481 g/mol. The number of amidine groups is 1. The van der Waals surface area contributed by atoms with Gasteiger partial charge in [0.15, 0.2) is 5.17 Å². The summed E-state index contributed by atoms with van der Waals surface area (Å²) in [6, 6.07) is 10.2. The first kappa shape index (κ1) is 24.6. The summed E-state index contributed by atoms with van der Waals surface area (Å²) in [7, 11) is 1.56. The number of carbonyl (C=O) groups excluding carboxylic acids is 2. The van der Waals surface area contributed by atoms with E-state index >= 15 is 0 Å². The molecule has 0 spiro atoms. The maximum absolute atomic E-state index is 13.0. The maximum Gasteiger partial charge on any atom is 0.417 e. The van der Waals surface area contributed by atoms with Crippen LogP contribution in [0.15, 0.2) is 52.7 Å². The molecule has 1 saturated heterocycles. The monoisotopic (exact) mass is 498 g/mol. The van der Waals surface area contributed by atoms with Gasteiger partial charge in [-0.05, 0) is 55.0 Å². The Morgan fingerprint density at radius 3 is 2.58 bits per heavy atom. The Kier molecular flexibility index (Phi) is 7.65. The summed E-state index contributed by atoms with van der Waals surface area (Å²) < 4.78 is 44.0. The van der Waals surface area contributed by atoms with Crippen LogP contribution in [-0.2, 0) is 15.8 Å². The van der Waals surface area contributed by atoms with E-state index < -0.39 is 33.8 Å². The van der Waals surface area contributed by atoms with Crippen molar-refractivity contribution in [1.82, 2.24) is 5.32 Å². The molecule has 174 valence electrons. The van der Waals surface area contributed by atoms with Gasteiger partial charge in [0.1, 0.15) is 11.0 Å². The molecule has 7 nitrogen and oxygen atoms in total. The van der Waals surface area contributed by atoms with Crippen molar-refractivity contribution in [3.05, 3.63) is 58.6 Å². The van der Waals surface area contributed by atoms with Gasteiger partial charge in [-0.25, -0.2) is 0 Å². The van der Waals surface area contributed by atoms with Crippen molar-refractivity contribution in [3.8, 4) is 5.75 Å². The lowest BCUT2D eigenvalue weighted by Crippen LogP contribution is -2.28. The van der Waals surface area contributed by atoms with Crippen molar-refractivity contribution in [2.45, 2.75) is 24.8 Å². The van der Waals surface area contributed by atoms with Crippen LogP contribution in [0.5, 0.6) is 5.75 Å². The molecule has 2 amide bonds. The number of nitrogens with zero attached hydrogens (tertiary/aromatic N) is 2. The summed E-state index contributed by atoms with van der Waals surface area (Å²) in [5.41, 5.74) is 0.277. The van der Waals surface area contributed by atoms with Gasteiger partial charge in [0.2, 0.25) is 11.8 Å². The second-order valence-corrected chi connectivity index (χ2v) is 8.46. The molecule has 2 N–H and O–H groups in total. The molecule has 0 aromatic heterocycles. The topological polar surface area (TPSA) is 92.2 Å². The Balaban J connectivity index is 1.61. The maximum atomic E-state index is 13.0. The van der Waals surface area contributed by atoms with Crippen LogP contribution in [0.2, 0.25) is 5.02 Å². The lowest BCUT2D eigenvalue weighted by atomic mass is 10.1. The molecule has 2 aromatic carbocycles. The molecule has 0 aliphatic carbocycles. The van der Waals surface area contributed by atoms with E-state index in [2.05, 4.69) is 20.8 Å². The van der Waals surface area contributed by atoms with E-state index in [-0.39, 0.29) is 17.3 Å². The predicted molar refractivity (Wildman–Crippen MR) is 122 cm³/mol. The highest BCUT2D eigenvalue weighted by Gasteiger charge is 2.34. The largest absolute Gasteiger partial charge is 0.497 e. The number of rotatable bonds is 6. The Bertz CT molecular complexity index is 1120. The summed E-state index contributed by atoms with van der Waals surface area (Å²) in [6.45, 7) is 1.75. The Labute approximate surface area is 196 Å². The van der Waals surface area contributed by atoms with Gasteiger partial charge in [0, 0.05) is 12.1 Å². The van der Waals surface area contributed by atoms with Crippen molar-refractivity contribution in [3.63, 3.8) is 0 Å². The highest BCUT2D eigenvalue weighted by atomic mass is 35.5. The summed E-state index contributed by atoms with van der Waals surface area (Å²) >= 11 is 6.59. The molecule has 12 heteroatoms. The van der Waals surface area contributed by atoms with Crippen LogP contribution in [0.3, 0.4) is 0 Å². The number of alkyl halides is 3. The minimum Gasteiger partial charge on any atom is -0.497 e. The number of halogens is 4. The second-order valence-electron chi connectivity index (χ2n) is 6.86. The average molecular weight is 499 g/mol. The smallest absolute Gasteiger partial charge is 0.417 e. The second kappa shape index (κ2) is 10.3. The van der Waals surface area contributed by atoms with Crippen LogP contribution in [0.25, 0.3) is 0 Å². The molecule has 1 aliphatic heterocycles. The first-order valence-electron chi connectivity index (χ1n) is 9.47. The summed E-state index contributed by atoms with van der Waals surface area (Å²) in [5.74, 6) is -0.374. The number of amides is 2. The van der Waals surface area contributed by atoms with Gasteiger partial charge in [-0.15, -0.1) is 5.10 Å². The van der Waals surface area contributed by atoms with Gasteiger partial charge >= 0.3 is 6.18 Å². The number of carbonyl (C=O) groups is 2. The van der Waals surface area contributed by atoms with Gasteiger partial charge in [-0.1, -0.05) is 23.4 Å². The number of thioether (sulfide) groups is 1. The molecule has 0 saturated carbocycles. The first-order chi connectivity index (χ1) is 15.6. The fourth-order valence-corrected chi connectivity index (χ4v) is 3.94. The van der Waals surface area contributed by atoms with Gasteiger partial charge in [-0.2, -0.15) is 18.3 Å². The quantitative estimate of drug-likeness (QED) is 0.446. The minimum absolute atomic E-state index is 0.0752. The van der Waals surface area contributed by atoms with Crippen molar-refractivity contribution < 1.29 is 27.5 Å². The van der Waals surface area contributed by atoms with E-state index in [0.29, 0.717) is 11.5 Å². The molecular formula is C21H18ClF3N4O3S. The molecule has 1 aliphatic rings. The third kappa shape index (κ3) is 6.48. The third-order valence-electron chi connectivity index (χ3n) is 4.50. The van der Waals surface area contributed by atoms with Crippen molar-refractivity contribution in [2.75, 3.05) is 12.4 Å². The van der Waals surface area contributed by atoms with E-state index in [1.165, 1.54) is 6.07 Å². The lowest BCUT2D eigenvalue weighted by molar-refractivity contribution is -0.137. The fraction of sp³-hybridized carbons (Fsp3) is 0.238. The Morgan fingerprint density at radius 1 is 1.24 bits per heavy atom. The summed E-state index contributed by atoms with van der Waals surface area (Å²) in [4.78, 5) is 24.4. The SMILES string of the molecule is COc1ccc(C(C)=N/N=C2\NC(=O)C(CC(=O)Nc3ccc(Cl)c(C(F)(F)F)c3)S2)cc1. The molecule has 33 heavy (non-hydrogen) atoms. The normalized spacial score (nSPS) is 17.8. The van der Waals surface area contributed by atoms with Crippen molar-refractivity contribution >= 4 is 51.7 Å². The van der Waals surface area contributed by atoms with E-state index in [1.807, 2.05) is 12.1 Å². The van der Waals surface area contributed by atoms with Crippen LogP contribution in [0.4, 0.5) is 18.9 Å². The average Bonchev–Trinajstić information content (AvgIpc) is 3.11. The number of benzene rings is 2. The minimum atomic E-state index is -4.66. The van der Waals surface area contributed by atoms with Gasteiger partial charge in [-0.3, -0.25) is 9.59 Å². The molecule has 2 aromatic rings. The van der Waals surface area contributed by atoms with Crippen LogP contribution >= 0.6 is 23.4 Å². The fourth-order valence-electron chi connectivity index (χ4n) is 2.80. The van der Waals surface area contributed by atoms with Crippen LogP contribution in [0, 0.1) is 0 Å². The number of nitrogens with one attached hydrogen (secondary N) is 2. The van der Waals surface area contributed by atoms with Crippen molar-refractivity contribution in [1.29, 1.82) is 0 Å². The molecule has 0 bridgehead atoms. The van der Waals surface area contributed by atoms with E-state index in [9.17, 15) is 22.8 Å². The highest BCUT2D eigenvalue weighted by Crippen LogP contribution is 2.36. The van der Waals surface area contributed by atoms with Crippen molar-refractivity contribution in [2.24, 2.45) is 10.2 Å². The summed E-state index contributed by atoms with van der Waals surface area (Å²) in [6.07, 6.45) is -4.92. The first-order valence-corrected chi connectivity index (χ1v) is 10.7. The van der Waals surface area contributed by atoms with Gasteiger partial charge in [0.05, 0.1) is 23.4 Å². The molecule has 1 heterocycles. The Hall–Kier alpha value is -3.05. The van der Waals surface area contributed by atoms with Crippen LogP contribution in [0.1, 0.15) is 24.5 Å². The zero-order valence-electron chi connectivity index (χ0n) is 17.4. The van der Waals surface area contributed by atoms with E-state index in [0.717, 1.165) is 29.5 Å². The van der Waals surface area contributed by atoms with Gasteiger partial charge < -0.3 is 15.4 Å². The Morgan fingerprint density at radius 2 is 1.94 bits per heavy atom. The van der Waals surface area contributed by atoms with Gasteiger partial charge in [0.25, 0.3) is 0 Å². The number of ether oxygens (including phenoxy) is 1.